The van der Waals surface area contributed by atoms with E-state index in [1.807, 2.05) is 0 Å². The molecule has 28 heavy (non-hydrogen) atoms. The van der Waals surface area contributed by atoms with E-state index < -0.39 is 35.7 Å². The van der Waals surface area contributed by atoms with Crippen molar-refractivity contribution in [3.8, 4) is 0 Å². The number of hydrogen-bond donors (Lipinski definition) is 0. The van der Waals surface area contributed by atoms with Crippen molar-refractivity contribution < 1.29 is 38.1 Å². The Morgan fingerprint density at radius 2 is 0.857 bits per heavy atom. The Balaban J connectivity index is 2.80. The first-order valence-electron chi connectivity index (χ1n) is 10.1. The largest absolute Gasteiger partial charge is 0.465 e. The van der Waals surface area contributed by atoms with Crippen molar-refractivity contribution >= 4 is 23.9 Å². The van der Waals surface area contributed by atoms with E-state index >= 15 is 0 Å². The molecule has 1 aliphatic carbocycles. The van der Waals surface area contributed by atoms with Gasteiger partial charge in [-0.25, -0.2) is 0 Å². The van der Waals surface area contributed by atoms with Gasteiger partial charge in [-0.1, -0.05) is 0 Å². The summed E-state index contributed by atoms with van der Waals surface area (Å²) in [5, 5.41) is 0. The van der Waals surface area contributed by atoms with Gasteiger partial charge in [0.2, 0.25) is 0 Å². The molecule has 1 aliphatic rings. The fourth-order valence-corrected chi connectivity index (χ4v) is 3.41. The maximum Gasteiger partial charge on any atom is 0.320 e. The molecule has 0 N–H and O–H groups in total. The topological polar surface area (TPSA) is 105 Å². The standard InChI is InChI=1S/C20H32O8/c1-5-25-17(21)15(18(22)26-6-2)11-13-9-10-14(13)12-16(19(23)27-7-3)20(24)28-8-4/h13-16H,5-12H2,1-4H3/t13-,14-/m1/s1. The van der Waals surface area contributed by atoms with Gasteiger partial charge in [-0.05, 0) is 65.2 Å². The number of rotatable bonds is 12. The molecular weight excluding hydrogens is 368 g/mol. The molecule has 2 atom stereocenters. The van der Waals surface area contributed by atoms with Gasteiger partial charge >= 0.3 is 23.9 Å². The Hall–Kier alpha value is -2.12. The highest BCUT2D eigenvalue weighted by atomic mass is 16.6. The minimum atomic E-state index is -0.990. The summed E-state index contributed by atoms with van der Waals surface area (Å²) in [6.45, 7) is 7.41. The van der Waals surface area contributed by atoms with Crippen LogP contribution in [0, 0.1) is 23.7 Å². The molecule has 0 unspecified atom stereocenters. The molecule has 8 nitrogen and oxygen atoms in total. The van der Waals surface area contributed by atoms with E-state index in [0.29, 0.717) is 0 Å². The van der Waals surface area contributed by atoms with Crippen molar-refractivity contribution in [3.63, 3.8) is 0 Å². The smallest absolute Gasteiger partial charge is 0.320 e. The third-order valence-corrected chi connectivity index (χ3v) is 4.94. The van der Waals surface area contributed by atoms with Crippen molar-refractivity contribution in [2.45, 2.75) is 53.4 Å². The van der Waals surface area contributed by atoms with Crippen LogP contribution in [0.1, 0.15) is 53.4 Å². The normalized spacial score (nSPS) is 18.4. The molecule has 0 aromatic carbocycles. The lowest BCUT2D eigenvalue weighted by atomic mass is 9.66. The van der Waals surface area contributed by atoms with Crippen molar-refractivity contribution in [3.05, 3.63) is 0 Å². The van der Waals surface area contributed by atoms with Gasteiger partial charge in [0.15, 0.2) is 11.8 Å². The van der Waals surface area contributed by atoms with E-state index in [1.54, 1.807) is 27.7 Å². The van der Waals surface area contributed by atoms with Gasteiger partial charge in [0, 0.05) is 0 Å². The number of carbonyl (C=O) groups is 4. The molecule has 0 radical (unpaired) electrons. The quantitative estimate of drug-likeness (QED) is 0.279. The fraction of sp³-hybridized carbons (Fsp3) is 0.800. The molecule has 1 saturated carbocycles. The number of esters is 4. The van der Waals surface area contributed by atoms with E-state index in [9.17, 15) is 19.2 Å². The van der Waals surface area contributed by atoms with Crippen LogP contribution in [-0.2, 0) is 38.1 Å². The van der Waals surface area contributed by atoms with Gasteiger partial charge in [0.1, 0.15) is 0 Å². The van der Waals surface area contributed by atoms with E-state index in [-0.39, 0.29) is 51.1 Å². The van der Waals surface area contributed by atoms with Gasteiger partial charge in [-0.2, -0.15) is 0 Å². The van der Waals surface area contributed by atoms with Crippen LogP contribution in [0.2, 0.25) is 0 Å². The van der Waals surface area contributed by atoms with E-state index in [4.69, 9.17) is 18.9 Å². The third-order valence-electron chi connectivity index (χ3n) is 4.94. The summed E-state index contributed by atoms with van der Waals surface area (Å²) in [6.07, 6.45) is 2.16. The molecule has 160 valence electrons. The Morgan fingerprint density at radius 3 is 1.04 bits per heavy atom. The summed E-state index contributed by atoms with van der Waals surface area (Å²) < 4.78 is 20.0. The van der Waals surface area contributed by atoms with Crippen molar-refractivity contribution in [2.24, 2.45) is 23.7 Å². The molecular formula is C20H32O8. The molecule has 1 fully saturated rings. The van der Waals surface area contributed by atoms with Gasteiger partial charge in [0.25, 0.3) is 0 Å². The summed E-state index contributed by atoms with van der Waals surface area (Å²) in [5.74, 6) is -4.33. The fourth-order valence-electron chi connectivity index (χ4n) is 3.41. The van der Waals surface area contributed by atoms with Crippen LogP contribution in [0.4, 0.5) is 0 Å². The Kier molecular flexibility index (Phi) is 10.6. The van der Waals surface area contributed by atoms with Crippen LogP contribution in [0.5, 0.6) is 0 Å². The van der Waals surface area contributed by atoms with Crippen molar-refractivity contribution in [1.82, 2.24) is 0 Å². The van der Waals surface area contributed by atoms with Crippen LogP contribution < -0.4 is 0 Å². The Labute approximate surface area is 166 Å². The Bertz CT molecular complexity index is 460. The molecule has 1 rings (SSSR count). The average molecular weight is 400 g/mol. The first kappa shape index (κ1) is 23.9. The average Bonchev–Trinajstić information content (AvgIpc) is 2.62. The highest BCUT2D eigenvalue weighted by molar-refractivity contribution is 5.95. The second kappa shape index (κ2) is 12.4. The van der Waals surface area contributed by atoms with Crippen LogP contribution in [0.3, 0.4) is 0 Å². The monoisotopic (exact) mass is 400 g/mol. The lowest BCUT2D eigenvalue weighted by molar-refractivity contribution is -0.167. The minimum Gasteiger partial charge on any atom is -0.465 e. The van der Waals surface area contributed by atoms with E-state index in [0.717, 1.165) is 12.8 Å². The summed E-state index contributed by atoms with van der Waals surface area (Å²) in [6, 6.07) is 0. The zero-order chi connectivity index (χ0) is 21.1. The predicted octanol–water partition coefficient (Wildman–Crippen LogP) is 2.28. The van der Waals surface area contributed by atoms with Crippen LogP contribution in [0.25, 0.3) is 0 Å². The maximum absolute atomic E-state index is 12.2. The van der Waals surface area contributed by atoms with Crippen LogP contribution in [-0.4, -0.2) is 50.3 Å². The minimum absolute atomic E-state index is 0.0187. The molecule has 0 aromatic heterocycles. The molecule has 8 heteroatoms. The number of hydrogen-bond acceptors (Lipinski definition) is 8. The molecule has 0 spiro atoms. The summed E-state index contributed by atoms with van der Waals surface area (Å²) in [7, 11) is 0. The maximum atomic E-state index is 12.2. The SMILES string of the molecule is CCOC(=O)C(C[C@H]1CC[C@@H]1CC(C(=O)OCC)C(=O)OCC)C(=O)OCC. The van der Waals surface area contributed by atoms with E-state index in [1.165, 1.54) is 0 Å². The van der Waals surface area contributed by atoms with Crippen LogP contribution in [0.15, 0.2) is 0 Å². The zero-order valence-corrected chi connectivity index (χ0v) is 17.2. The molecule has 0 heterocycles. The molecule has 0 bridgehead atoms. The lowest BCUT2D eigenvalue weighted by Gasteiger charge is -2.39. The predicted molar refractivity (Wildman–Crippen MR) is 99.0 cm³/mol. The highest BCUT2D eigenvalue weighted by Crippen LogP contribution is 2.43. The van der Waals surface area contributed by atoms with Crippen molar-refractivity contribution in [2.75, 3.05) is 26.4 Å². The van der Waals surface area contributed by atoms with Gasteiger partial charge in [-0.3, -0.25) is 19.2 Å². The number of ether oxygens (including phenoxy) is 4. The van der Waals surface area contributed by atoms with E-state index in [2.05, 4.69) is 0 Å². The Morgan fingerprint density at radius 1 is 0.607 bits per heavy atom. The molecule has 0 aliphatic heterocycles. The summed E-state index contributed by atoms with van der Waals surface area (Å²) >= 11 is 0. The number of carbonyl (C=O) groups excluding carboxylic acids is 4. The van der Waals surface area contributed by atoms with Gasteiger partial charge < -0.3 is 18.9 Å². The van der Waals surface area contributed by atoms with Gasteiger partial charge in [0.05, 0.1) is 26.4 Å². The van der Waals surface area contributed by atoms with Gasteiger partial charge in [-0.15, -0.1) is 0 Å². The highest BCUT2D eigenvalue weighted by Gasteiger charge is 2.42. The molecule has 0 aromatic rings. The first-order valence-corrected chi connectivity index (χ1v) is 10.1. The van der Waals surface area contributed by atoms with Crippen molar-refractivity contribution in [1.29, 1.82) is 0 Å². The summed E-state index contributed by atoms with van der Waals surface area (Å²) in [5.41, 5.74) is 0. The molecule has 0 saturated heterocycles. The lowest BCUT2D eigenvalue weighted by Crippen LogP contribution is -2.38. The summed E-state index contributed by atoms with van der Waals surface area (Å²) in [4.78, 5) is 48.7. The van der Waals surface area contributed by atoms with Crippen LogP contribution >= 0.6 is 0 Å². The first-order chi connectivity index (χ1) is 13.4. The second-order valence-electron chi connectivity index (χ2n) is 6.68. The second-order valence-corrected chi connectivity index (χ2v) is 6.68. The third kappa shape index (κ3) is 6.80. The molecule has 0 amide bonds. The zero-order valence-electron chi connectivity index (χ0n) is 17.2.